The fourth-order valence-electron chi connectivity index (χ4n) is 1.72. The molecule has 0 aliphatic rings. The Balaban J connectivity index is 1.71. The van der Waals surface area contributed by atoms with Gasteiger partial charge in [0.1, 0.15) is 5.82 Å². The summed E-state index contributed by atoms with van der Waals surface area (Å²) in [7, 11) is 0. The van der Waals surface area contributed by atoms with E-state index >= 15 is 0 Å². The van der Waals surface area contributed by atoms with Crippen molar-refractivity contribution in [2.75, 3.05) is 0 Å². The van der Waals surface area contributed by atoms with Gasteiger partial charge in [0.05, 0.1) is 5.75 Å². The number of rotatable bonds is 4. The Morgan fingerprint density at radius 3 is 2.55 bits per heavy atom. The molecule has 0 radical (unpaired) electrons. The zero-order valence-electron chi connectivity index (χ0n) is 10.5. The van der Waals surface area contributed by atoms with E-state index in [0.29, 0.717) is 22.4 Å². The van der Waals surface area contributed by atoms with Crippen LogP contribution in [0.1, 0.15) is 5.89 Å². The van der Waals surface area contributed by atoms with Crippen molar-refractivity contribution in [2.45, 2.75) is 10.6 Å². The SMILES string of the molecule is Fc1ccccc1SCc1nc(-c2ccccc2)no1. The quantitative estimate of drug-likeness (QED) is 0.675. The fraction of sp³-hybridized carbons (Fsp3) is 0.0667. The van der Waals surface area contributed by atoms with E-state index in [0.717, 1.165) is 5.56 Å². The molecule has 0 bridgehead atoms. The van der Waals surface area contributed by atoms with Crippen LogP contribution in [0.4, 0.5) is 4.39 Å². The van der Waals surface area contributed by atoms with Gasteiger partial charge in [-0.15, -0.1) is 11.8 Å². The third-order valence-corrected chi connectivity index (χ3v) is 3.72. The van der Waals surface area contributed by atoms with Gasteiger partial charge in [-0.1, -0.05) is 47.6 Å². The van der Waals surface area contributed by atoms with Crippen molar-refractivity contribution < 1.29 is 8.91 Å². The molecule has 0 amide bonds. The molecule has 1 aromatic heterocycles. The minimum Gasteiger partial charge on any atom is -0.338 e. The third-order valence-electron chi connectivity index (χ3n) is 2.69. The van der Waals surface area contributed by atoms with Crippen LogP contribution in [0.2, 0.25) is 0 Å². The van der Waals surface area contributed by atoms with Gasteiger partial charge in [0, 0.05) is 10.5 Å². The average molecular weight is 286 g/mol. The number of aromatic nitrogens is 2. The molecule has 20 heavy (non-hydrogen) atoms. The molecular formula is C15H11FN2OS. The number of thioether (sulfide) groups is 1. The van der Waals surface area contributed by atoms with Crippen LogP contribution in [0, 0.1) is 5.82 Å². The molecule has 3 rings (SSSR count). The third kappa shape index (κ3) is 2.88. The zero-order valence-corrected chi connectivity index (χ0v) is 11.3. The summed E-state index contributed by atoms with van der Waals surface area (Å²) in [5.74, 6) is 1.24. The van der Waals surface area contributed by atoms with Gasteiger partial charge in [-0.05, 0) is 12.1 Å². The van der Waals surface area contributed by atoms with E-state index in [-0.39, 0.29) is 5.82 Å². The van der Waals surface area contributed by atoms with Gasteiger partial charge in [-0.3, -0.25) is 0 Å². The minimum absolute atomic E-state index is 0.236. The van der Waals surface area contributed by atoms with Crippen molar-refractivity contribution in [2.24, 2.45) is 0 Å². The Labute approximate surface area is 119 Å². The van der Waals surface area contributed by atoms with Gasteiger partial charge in [-0.2, -0.15) is 4.98 Å². The van der Waals surface area contributed by atoms with Crippen LogP contribution in [0.5, 0.6) is 0 Å². The van der Waals surface area contributed by atoms with Gasteiger partial charge < -0.3 is 4.52 Å². The van der Waals surface area contributed by atoms with Gasteiger partial charge in [-0.25, -0.2) is 4.39 Å². The molecule has 0 fully saturated rings. The van der Waals surface area contributed by atoms with Crippen LogP contribution in [0.15, 0.2) is 64.0 Å². The van der Waals surface area contributed by atoms with Crippen LogP contribution in [0.3, 0.4) is 0 Å². The summed E-state index contributed by atoms with van der Waals surface area (Å²) in [4.78, 5) is 4.88. The molecular weight excluding hydrogens is 275 g/mol. The Kier molecular flexibility index (Phi) is 3.78. The first-order valence-electron chi connectivity index (χ1n) is 6.08. The molecule has 1 heterocycles. The molecule has 0 N–H and O–H groups in total. The van der Waals surface area contributed by atoms with Crippen molar-refractivity contribution in [3.63, 3.8) is 0 Å². The second-order valence-electron chi connectivity index (χ2n) is 4.10. The molecule has 3 nitrogen and oxygen atoms in total. The largest absolute Gasteiger partial charge is 0.338 e. The number of nitrogens with zero attached hydrogens (tertiary/aromatic N) is 2. The minimum atomic E-state index is -0.236. The van der Waals surface area contributed by atoms with Crippen LogP contribution in [0.25, 0.3) is 11.4 Å². The van der Waals surface area contributed by atoms with Crippen molar-refractivity contribution in [1.29, 1.82) is 0 Å². The molecule has 0 aliphatic carbocycles. The highest BCUT2D eigenvalue weighted by molar-refractivity contribution is 7.98. The molecule has 0 saturated carbocycles. The Bertz CT molecular complexity index is 700. The first kappa shape index (κ1) is 12.9. The van der Waals surface area contributed by atoms with E-state index < -0.39 is 0 Å². The number of benzene rings is 2. The lowest BCUT2D eigenvalue weighted by Gasteiger charge is -1.99. The van der Waals surface area contributed by atoms with Gasteiger partial charge >= 0.3 is 0 Å². The molecule has 100 valence electrons. The highest BCUT2D eigenvalue weighted by atomic mass is 32.2. The molecule has 2 aromatic carbocycles. The lowest BCUT2D eigenvalue weighted by molar-refractivity contribution is 0.391. The van der Waals surface area contributed by atoms with Gasteiger partial charge in [0.2, 0.25) is 11.7 Å². The summed E-state index contributed by atoms with van der Waals surface area (Å²) in [5, 5.41) is 3.93. The van der Waals surface area contributed by atoms with E-state index in [1.54, 1.807) is 18.2 Å². The molecule has 0 unspecified atom stereocenters. The van der Waals surface area contributed by atoms with Gasteiger partial charge in [0.25, 0.3) is 0 Å². The van der Waals surface area contributed by atoms with Crippen LogP contribution in [-0.4, -0.2) is 10.1 Å². The molecule has 0 aliphatic heterocycles. The Morgan fingerprint density at radius 1 is 1.00 bits per heavy atom. The summed E-state index contributed by atoms with van der Waals surface area (Å²) in [5.41, 5.74) is 0.901. The lowest BCUT2D eigenvalue weighted by atomic mass is 10.2. The van der Waals surface area contributed by atoms with E-state index in [4.69, 9.17) is 4.52 Å². The lowest BCUT2D eigenvalue weighted by Crippen LogP contribution is -1.84. The molecule has 0 spiro atoms. The summed E-state index contributed by atoms with van der Waals surface area (Å²) in [6, 6.07) is 16.2. The molecule has 0 atom stereocenters. The summed E-state index contributed by atoms with van der Waals surface area (Å²) < 4.78 is 18.7. The number of hydrogen-bond donors (Lipinski definition) is 0. The summed E-state index contributed by atoms with van der Waals surface area (Å²) in [6.45, 7) is 0. The molecule has 3 aromatic rings. The van der Waals surface area contributed by atoms with Crippen molar-refractivity contribution in [3.8, 4) is 11.4 Å². The normalized spacial score (nSPS) is 10.7. The zero-order chi connectivity index (χ0) is 13.8. The van der Waals surface area contributed by atoms with Crippen LogP contribution >= 0.6 is 11.8 Å². The standard InChI is InChI=1S/C15H11FN2OS/c16-12-8-4-5-9-13(12)20-10-14-17-15(18-19-14)11-6-2-1-3-7-11/h1-9H,10H2. The maximum absolute atomic E-state index is 13.5. The monoisotopic (exact) mass is 286 g/mol. The van der Waals surface area contributed by atoms with E-state index in [2.05, 4.69) is 10.1 Å². The predicted molar refractivity (Wildman–Crippen MR) is 75.7 cm³/mol. The summed E-state index contributed by atoms with van der Waals surface area (Å²) in [6.07, 6.45) is 0. The fourth-order valence-corrected chi connectivity index (χ4v) is 2.50. The Hall–Kier alpha value is -2.14. The average Bonchev–Trinajstić information content (AvgIpc) is 2.96. The second kappa shape index (κ2) is 5.88. The van der Waals surface area contributed by atoms with Crippen LogP contribution < -0.4 is 0 Å². The van der Waals surface area contributed by atoms with Crippen molar-refractivity contribution >= 4 is 11.8 Å². The second-order valence-corrected chi connectivity index (χ2v) is 5.11. The highest BCUT2D eigenvalue weighted by Crippen LogP contribution is 2.25. The van der Waals surface area contributed by atoms with Gasteiger partial charge in [0.15, 0.2) is 0 Å². The number of hydrogen-bond acceptors (Lipinski definition) is 4. The van der Waals surface area contributed by atoms with Crippen LogP contribution in [-0.2, 0) is 5.75 Å². The van der Waals surface area contributed by atoms with Crippen molar-refractivity contribution in [1.82, 2.24) is 10.1 Å². The van der Waals surface area contributed by atoms with E-state index in [1.165, 1.54) is 17.8 Å². The smallest absolute Gasteiger partial charge is 0.237 e. The molecule has 0 saturated heterocycles. The van der Waals surface area contributed by atoms with Crippen molar-refractivity contribution in [3.05, 3.63) is 66.3 Å². The maximum atomic E-state index is 13.5. The highest BCUT2D eigenvalue weighted by Gasteiger charge is 2.09. The Morgan fingerprint density at radius 2 is 1.75 bits per heavy atom. The summed E-state index contributed by atoms with van der Waals surface area (Å²) >= 11 is 1.34. The van der Waals surface area contributed by atoms with E-state index in [1.807, 2.05) is 30.3 Å². The topological polar surface area (TPSA) is 38.9 Å². The predicted octanol–water partition coefficient (Wildman–Crippen LogP) is 4.17. The molecule has 5 heteroatoms. The maximum Gasteiger partial charge on any atom is 0.237 e. The van der Waals surface area contributed by atoms with E-state index in [9.17, 15) is 4.39 Å². The first-order chi connectivity index (χ1) is 9.83. The first-order valence-corrected chi connectivity index (χ1v) is 7.07. The number of halogens is 1.